The number of H-pyrrole nitrogens is 1. The second-order valence-corrected chi connectivity index (χ2v) is 8.00. The van der Waals surface area contributed by atoms with E-state index >= 15 is 0 Å². The van der Waals surface area contributed by atoms with Crippen LogP contribution in [-0.4, -0.2) is 53.7 Å². The summed E-state index contributed by atoms with van der Waals surface area (Å²) >= 11 is 3.42. The Balaban J connectivity index is 1.73. The molecule has 0 bridgehead atoms. The lowest BCUT2D eigenvalue weighted by Crippen LogP contribution is -2.39. The highest BCUT2D eigenvalue weighted by molar-refractivity contribution is 9.10. The fourth-order valence-electron chi connectivity index (χ4n) is 3.37. The second-order valence-electron chi connectivity index (χ2n) is 7.14. The van der Waals surface area contributed by atoms with Crippen LogP contribution in [0.5, 0.6) is 0 Å². The summed E-state index contributed by atoms with van der Waals surface area (Å²) in [6, 6.07) is 12.7. The predicted molar refractivity (Wildman–Crippen MR) is 120 cm³/mol. The number of carbonyl (C=O) groups excluding carboxylic acids is 2. The number of aromatic amines is 1. The van der Waals surface area contributed by atoms with E-state index < -0.39 is 6.04 Å². The van der Waals surface area contributed by atoms with Crippen molar-refractivity contribution < 1.29 is 14.7 Å². The molecule has 4 N–H and O–H groups in total. The predicted octanol–water partition coefficient (Wildman–Crippen LogP) is 3.04. The zero-order chi connectivity index (χ0) is 21.7. The van der Waals surface area contributed by atoms with Gasteiger partial charge in [-0.05, 0) is 51.7 Å². The number of hydrogen-bond acceptors (Lipinski definition) is 3. The van der Waals surface area contributed by atoms with Gasteiger partial charge in [-0.1, -0.05) is 24.3 Å². The van der Waals surface area contributed by atoms with Gasteiger partial charge in [0.2, 0.25) is 0 Å². The van der Waals surface area contributed by atoms with E-state index in [1.807, 2.05) is 36.5 Å². The molecule has 158 valence electrons. The Morgan fingerprint density at radius 3 is 2.73 bits per heavy atom. The summed E-state index contributed by atoms with van der Waals surface area (Å²) in [6.07, 6.45) is 2.41. The molecule has 0 saturated heterocycles. The second kappa shape index (κ2) is 9.77. The van der Waals surface area contributed by atoms with Crippen molar-refractivity contribution in [1.29, 1.82) is 0 Å². The van der Waals surface area contributed by atoms with Crippen molar-refractivity contribution in [2.24, 2.45) is 0 Å². The molecule has 8 heteroatoms. The highest BCUT2D eigenvalue weighted by Gasteiger charge is 2.18. The molecule has 0 radical (unpaired) electrons. The van der Waals surface area contributed by atoms with Gasteiger partial charge >= 0.3 is 6.03 Å². The average Bonchev–Trinajstić information content (AvgIpc) is 3.16. The molecule has 2 aromatic carbocycles. The number of nitrogens with zero attached hydrogens (tertiary/aromatic N) is 1. The number of rotatable bonds is 7. The Bertz CT molecular complexity index is 1050. The first-order valence-electron chi connectivity index (χ1n) is 9.61. The van der Waals surface area contributed by atoms with E-state index in [-0.39, 0.29) is 18.5 Å². The number of benzene rings is 2. The van der Waals surface area contributed by atoms with Crippen LogP contribution in [0.25, 0.3) is 10.9 Å². The van der Waals surface area contributed by atoms with Crippen LogP contribution in [0.1, 0.15) is 21.5 Å². The minimum absolute atomic E-state index is 0.179. The molecule has 0 unspecified atom stereocenters. The molecule has 0 aliphatic rings. The van der Waals surface area contributed by atoms with Gasteiger partial charge in [-0.25, -0.2) is 4.79 Å². The molecular formula is C22H25BrN4O3. The van der Waals surface area contributed by atoms with Crippen LogP contribution in [0.3, 0.4) is 0 Å². The molecule has 7 nitrogen and oxygen atoms in total. The van der Waals surface area contributed by atoms with Gasteiger partial charge in [0.25, 0.3) is 5.91 Å². The van der Waals surface area contributed by atoms with E-state index in [0.29, 0.717) is 23.0 Å². The van der Waals surface area contributed by atoms with Crippen molar-refractivity contribution in [2.75, 3.05) is 20.7 Å². The van der Waals surface area contributed by atoms with E-state index in [1.54, 1.807) is 26.2 Å². The van der Waals surface area contributed by atoms with Crippen LogP contribution in [-0.2, 0) is 13.0 Å². The molecule has 3 amide bonds. The number of para-hydroxylation sites is 1. The number of halogens is 1. The lowest BCUT2D eigenvalue weighted by Gasteiger charge is -2.19. The van der Waals surface area contributed by atoms with Crippen molar-refractivity contribution in [3.8, 4) is 0 Å². The summed E-state index contributed by atoms with van der Waals surface area (Å²) < 4.78 is 0.648. The smallest absolute Gasteiger partial charge is 0.317 e. The summed E-state index contributed by atoms with van der Waals surface area (Å²) in [4.78, 5) is 29.4. The molecule has 0 fully saturated rings. The first kappa shape index (κ1) is 21.9. The third-order valence-electron chi connectivity index (χ3n) is 4.95. The van der Waals surface area contributed by atoms with Crippen LogP contribution < -0.4 is 10.6 Å². The fraction of sp³-hybridized carbons (Fsp3) is 0.273. The van der Waals surface area contributed by atoms with Crippen molar-refractivity contribution in [1.82, 2.24) is 20.5 Å². The molecule has 1 heterocycles. The van der Waals surface area contributed by atoms with Crippen molar-refractivity contribution in [2.45, 2.75) is 19.0 Å². The molecular weight excluding hydrogens is 448 g/mol. The maximum absolute atomic E-state index is 12.9. The Morgan fingerprint density at radius 1 is 1.23 bits per heavy atom. The largest absolute Gasteiger partial charge is 0.394 e. The first-order valence-corrected chi connectivity index (χ1v) is 10.4. The number of hydrogen-bond donors (Lipinski definition) is 4. The van der Waals surface area contributed by atoms with E-state index in [1.165, 1.54) is 4.90 Å². The number of aliphatic hydroxyl groups is 1. The van der Waals surface area contributed by atoms with Gasteiger partial charge in [-0.2, -0.15) is 0 Å². The quantitative estimate of drug-likeness (QED) is 0.425. The topological polar surface area (TPSA) is 97.5 Å². The fourth-order valence-corrected chi connectivity index (χ4v) is 3.80. The Morgan fingerprint density at radius 2 is 2.00 bits per heavy atom. The van der Waals surface area contributed by atoms with Crippen LogP contribution in [0.2, 0.25) is 0 Å². The number of nitrogens with one attached hydrogen (secondary N) is 3. The van der Waals surface area contributed by atoms with Gasteiger partial charge in [0, 0.05) is 42.2 Å². The van der Waals surface area contributed by atoms with Gasteiger partial charge in [0.05, 0.1) is 18.2 Å². The lowest BCUT2D eigenvalue weighted by atomic mass is 10.0. The number of amides is 3. The van der Waals surface area contributed by atoms with E-state index in [2.05, 4.69) is 31.5 Å². The molecule has 3 rings (SSSR count). The average molecular weight is 473 g/mol. The standard InChI is InChI=1S/C22H25BrN4O3/c1-24-22(30)27(2)12-14-7-8-19(23)18(9-14)21(29)26-16(13-28)10-15-11-25-20-6-4-3-5-17(15)20/h3-9,11,16,25,28H,10,12-13H2,1-2H3,(H,24,30)(H,26,29)/t16-/m1/s1. The summed E-state index contributed by atoms with van der Waals surface area (Å²) in [6.45, 7) is 0.188. The minimum atomic E-state index is -0.430. The molecule has 0 saturated carbocycles. The van der Waals surface area contributed by atoms with Crippen molar-refractivity contribution in [3.05, 3.63) is 69.8 Å². The molecule has 1 atom stereocenters. The highest BCUT2D eigenvalue weighted by atomic mass is 79.9. The summed E-state index contributed by atoms with van der Waals surface area (Å²) in [5, 5.41) is 16.4. The van der Waals surface area contributed by atoms with E-state index in [4.69, 9.17) is 0 Å². The minimum Gasteiger partial charge on any atom is -0.394 e. The maximum Gasteiger partial charge on any atom is 0.317 e. The normalized spacial score (nSPS) is 11.9. The van der Waals surface area contributed by atoms with Gasteiger partial charge in [0.15, 0.2) is 0 Å². The number of aromatic nitrogens is 1. The van der Waals surface area contributed by atoms with Crippen molar-refractivity contribution in [3.63, 3.8) is 0 Å². The van der Waals surface area contributed by atoms with Gasteiger partial charge in [-0.15, -0.1) is 0 Å². The van der Waals surface area contributed by atoms with Crippen LogP contribution in [0.4, 0.5) is 4.79 Å². The molecule has 0 aliphatic carbocycles. The zero-order valence-corrected chi connectivity index (χ0v) is 18.5. The Kier molecular flexibility index (Phi) is 7.12. The third-order valence-corrected chi connectivity index (χ3v) is 5.64. The van der Waals surface area contributed by atoms with Gasteiger partial charge in [-0.3, -0.25) is 4.79 Å². The van der Waals surface area contributed by atoms with E-state index in [9.17, 15) is 14.7 Å². The molecule has 3 aromatic rings. The monoisotopic (exact) mass is 472 g/mol. The lowest BCUT2D eigenvalue weighted by molar-refractivity contribution is 0.0915. The maximum atomic E-state index is 12.9. The summed E-state index contributed by atoms with van der Waals surface area (Å²) in [7, 11) is 3.26. The number of aliphatic hydroxyl groups excluding tert-OH is 1. The van der Waals surface area contributed by atoms with Gasteiger partial charge < -0.3 is 25.6 Å². The van der Waals surface area contributed by atoms with Crippen LogP contribution >= 0.6 is 15.9 Å². The number of fused-ring (bicyclic) bond motifs is 1. The van der Waals surface area contributed by atoms with Gasteiger partial charge in [0.1, 0.15) is 0 Å². The molecule has 0 aliphatic heterocycles. The first-order chi connectivity index (χ1) is 14.4. The van der Waals surface area contributed by atoms with Crippen LogP contribution in [0.15, 0.2) is 53.1 Å². The Labute approximate surface area is 183 Å². The highest BCUT2D eigenvalue weighted by Crippen LogP contribution is 2.21. The molecule has 0 spiro atoms. The molecule has 1 aromatic heterocycles. The number of urea groups is 1. The van der Waals surface area contributed by atoms with E-state index in [0.717, 1.165) is 22.0 Å². The summed E-state index contributed by atoms with van der Waals surface area (Å²) in [5.74, 6) is -0.287. The van der Waals surface area contributed by atoms with Crippen LogP contribution in [0, 0.1) is 0 Å². The van der Waals surface area contributed by atoms with Crippen molar-refractivity contribution >= 4 is 38.8 Å². The summed E-state index contributed by atoms with van der Waals surface area (Å²) in [5.41, 5.74) is 3.33. The zero-order valence-electron chi connectivity index (χ0n) is 16.9. The Hall–Kier alpha value is -2.84. The molecule has 30 heavy (non-hydrogen) atoms. The SMILES string of the molecule is CNC(=O)N(C)Cc1ccc(Br)c(C(=O)N[C@@H](CO)Cc2c[nH]c3ccccc23)c1. The number of carbonyl (C=O) groups is 2. The third kappa shape index (κ3) is 5.01.